The molecule has 0 aliphatic heterocycles. The van der Waals surface area contributed by atoms with Gasteiger partial charge < -0.3 is 10.4 Å². The van der Waals surface area contributed by atoms with Gasteiger partial charge in [0.2, 0.25) is 15.9 Å². The first kappa shape index (κ1) is 16.6. The fourth-order valence-electron chi connectivity index (χ4n) is 1.55. The molecule has 6 nitrogen and oxygen atoms in total. The third-order valence-corrected chi connectivity index (χ3v) is 4.35. The molecule has 0 aromatic heterocycles. The van der Waals surface area contributed by atoms with Crippen molar-refractivity contribution in [1.29, 1.82) is 0 Å². The Hall–Kier alpha value is -1.44. The molecule has 0 saturated carbocycles. The number of carbonyl (C=O) groups is 1. The molecule has 0 aliphatic rings. The van der Waals surface area contributed by atoms with E-state index in [0.29, 0.717) is 13.0 Å². The summed E-state index contributed by atoms with van der Waals surface area (Å²) in [4.78, 5) is 10.9. The van der Waals surface area contributed by atoms with E-state index in [9.17, 15) is 13.2 Å². The molecule has 20 heavy (non-hydrogen) atoms. The number of hydrogen-bond donors (Lipinski definition) is 3. The fourth-order valence-corrected chi connectivity index (χ4v) is 2.86. The summed E-state index contributed by atoms with van der Waals surface area (Å²) in [5.41, 5.74) is 0.813. The Bertz CT molecular complexity index is 536. The molecule has 112 valence electrons. The Kier molecular flexibility index (Phi) is 6.12. The summed E-state index contributed by atoms with van der Waals surface area (Å²) < 4.78 is 26.5. The Morgan fingerprint density at radius 2 is 1.90 bits per heavy atom. The predicted molar refractivity (Wildman–Crippen MR) is 75.4 cm³/mol. The second kappa shape index (κ2) is 7.37. The van der Waals surface area contributed by atoms with E-state index < -0.39 is 16.1 Å². The molecule has 0 saturated heterocycles. The lowest BCUT2D eigenvalue weighted by Gasteiger charge is -2.14. The first-order valence-electron chi connectivity index (χ1n) is 6.35. The van der Waals surface area contributed by atoms with E-state index >= 15 is 0 Å². The molecular weight excluding hydrogens is 280 g/mol. The molecule has 7 heteroatoms. The Balaban J connectivity index is 2.78. The summed E-state index contributed by atoms with van der Waals surface area (Å²) in [7, 11) is -3.63. The largest absolute Gasteiger partial charge is 0.395 e. The number of aliphatic hydroxyl groups excluding tert-OH is 1. The minimum Gasteiger partial charge on any atom is -0.395 e. The average molecular weight is 300 g/mol. The predicted octanol–water partition coefficient (Wildman–Crippen LogP) is 0.372. The summed E-state index contributed by atoms with van der Waals surface area (Å²) in [6.45, 7) is 3.33. The minimum atomic E-state index is -3.63. The van der Waals surface area contributed by atoms with Crippen LogP contribution in [0.15, 0.2) is 29.2 Å². The normalized spacial score (nSPS) is 12.9. The third kappa shape index (κ3) is 4.92. The van der Waals surface area contributed by atoms with Crippen LogP contribution in [0.25, 0.3) is 0 Å². The SMILES string of the molecule is CC[C@H](CO)NS(=O)(=O)c1ccc(CNC(C)=O)cc1. The highest BCUT2D eigenvalue weighted by Gasteiger charge is 2.18. The molecule has 0 bridgehead atoms. The Morgan fingerprint density at radius 3 is 2.35 bits per heavy atom. The number of rotatable bonds is 7. The standard InChI is InChI=1S/C13H20N2O4S/c1-3-12(9-16)15-20(18,19)13-6-4-11(5-7-13)8-14-10(2)17/h4-7,12,15-16H,3,8-9H2,1-2H3,(H,14,17)/t12-/m1/s1. The number of carbonyl (C=O) groups excluding carboxylic acids is 1. The molecule has 3 N–H and O–H groups in total. The minimum absolute atomic E-state index is 0.135. The van der Waals surface area contributed by atoms with Gasteiger partial charge >= 0.3 is 0 Å². The maximum Gasteiger partial charge on any atom is 0.240 e. The summed E-state index contributed by atoms with van der Waals surface area (Å²) in [5, 5.41) is 11.7. The molecule has 1 aromatic carbocycles. The van der Waals surface area contributed by atoms with Crippen molar-refractivity contribution in [2.45, 2.75) is 37.8 Å². The van der Waals surface area contributed by atoms with Gasteiger partial charge in [-0.25, -0.2) is 13.1 Å². The van der Waals surface area contributed by atoms with E-state index in [0.717, 1.165) is 5.56 Å². The molecule has 0 aliphatic carbocycles. The summed E-state index contributed by atoms with van der Waals surface area (Å²) in [6, 6.07) is 5.75. The van der Waals surface area contributed by atoms with Crippen LogP contribution < -0.4 is 10.0 Å². The zero-order valence-electron chi connectivity index (χ0n) is 11.6. The molecule has 0 unspecified atom stereocenters. The van der Waals surface area contributed by atoms with Gasteiger partial charge in [0.25, 0.3) is 0 Å². The highest BCUT2D eigenvalue weighted by Crippen LogP contribution is 2.11. The van der Waals surface area contributed by atoms with Crippen LogP contribution in [0.1, 0.15) is 25.8 Å². The topological polar surface area (TPSA) is 95.5 Å². The van der Waals surface area contributed by atoms with Crippen molar-refractivity contribution in [2.75, 3.05) is 6.61 Å². The van der Waals surface area contributed by atoms with Crippen molar-refractivity contribution in [3.63, 3.8) is 0 Å². The lowest BCUT2D eigenvalue weighted by Crippen LogP contribution is -2.36. The monoisotopic (exact) mass is 300 g/mol. The number of hydrogen-bond acceptors (Lipinski definition) is 4. The van der Waals surface area contributed by atoms with Gasteiger partial charge in [-0.15, -0.1) is 0 Å². The Morgan fingerprint density at radius 1 is 1.30 bits per heavy atom. The van der Waals surface area contributed by atoms with Gasteiger partial charge in [0, 0.05) is 19.5 Å². The second-order valence-corrected chi connectivity index (χ2v) is 6.18. The van der Waals surface area contributed by atoms with Gasteiger partial charge in [0.15, 0.2) is 0 Å². The van der Waals surface area contributed by atoms with Gasteiger partial charge in [-0.2, -0.15) is 0 Å². The van der Waals surface area contributed by atoms with E-state index in [1.54, 1.807) is 19.1 Å². The molecule has 1 atom stereocenters. The van der Waals surface area contributed by atoms with Crippen LogP contribution in [0.5, 0.6) is 0 Å². The smallest absolute Gasteiger partial charge is 0.240 e. The van der Waals surface area contributed by atoms with Gasteiger partial charge in [0.1, 0.15) is 0 Å². The second-order valence-electron chi connectivity index (χ2n) is 4.46. The van der Waals surface area contributed by atoms with Gasteiger partial charge in [0.05, 0.1) is 11.5 Å². The van der Waals surface area contributed by atoms with Crippen LogP contribution in [-0.2, 0) is 21.4 Å². The zero-order chi connectivity index (χ0) is 15.2. The first-order valence-corrected chi connectivity index (χ1v) is 7.84. The van der Waals surface area contributed by atoms with Crippen molar-refractivity contribution in [2.24, 2.45) is 0 Å². The summed E-state index contributed by atoms with van der Waals surface area (Å²) >= 11 is 0. The van der Waals surface area contributed by atoms with Crippen molar-refractivity contribution in [1.82, 2.24) is 10.0 Å². The number of benzene rings is 1. The summed E-state index contributed by atoms with van der Waals surface area (Å²) in [6.07, 6.45) is 0.510. The summed E-state index contributed by atoms with van der Waals surface area (Å²) in [5.74, 6) is -0.142. The molecule has 1 amide bonds. The Labute approximate surface area is 119 Å². The van der Waals surface area contributed by atoms with Crippen LogP contribution in [-0.4, -0.2) is 32.1 Å². The van der Waals surface area contributed by atoms with E-state index in [-0.39, 0.29) is 17.4 Å². The van der Waals surface area contributed by atoms with Crippen molar-refractivity contribution < 1.29 is 18.3 Å². The van der Waals surface area contributed by atoms with E-state index in [1.807, 2.05) is 0 Å². The van der Waals surface area contributed by atoms with Crippen molar-refractivity contribution in [3.05, 3.63) is 29.8 Å². The van der Waals surface area contributed by atoms with E-state index in [4.69, 9.17) is 5.11 Å². The van der Waals surface area contributed by atoms with Crippen LogP contribution >= 0.6 is 0 Å². The van der Waals surface area contributed by atoms with Gasteiger partial charge in [-0.05, 0) is 24.1 Å². The number of nitrogens with one attached hydrogen (secondary N) is 2. The fraction of sp³-hybridized carbons (Fsp3) is 0.462. The van der Waals surface area contributed by atoms with Crippen LogP contribution in [0, 0.1) is 0 Å². The van der Waals surface area contributed by atoms with Crippen molar-refractivity contribution in [3.8, 4) is 0 Å². The van der Waals surface area contributed by atoms with Crippen LogP contribution in [0.2, 0.25) is 0 Å². The zero-order valence-corrected chi connectivity index (χ0v) is 12.4. The van der Waals surface area contributed by atoms with Gasteiger partial charge in [-0.1, -0.05) is 19.1 Å². The molecule has 0 spiro atoms. The molecule has 0 radical (unpaired) electrons. The molecule has 1 rings (SSSR count). The number of aliphatic hydroxyl groups is 1. The number of sulfonamides is 1. The maximum atomic E-state index is 12.0. The third-order valence-electron chi connectivity index (χ3n) is 2.81. The molecular formula is C13H20N2O4S. The first-order chi connectivity index (χ1) is 9.39. The van der Waals surface area contributed by atoms with E-state index in [1.165, 1.54) is 19.1 Å². The lowest BCUT2D eigenvalue weighted by atomic mass is 10.2. The van der Waals surface area contributed by atoms with Crippen molar-refractivity contribution >= 4 is 15.9 Å². The van der Waals surface area contributed by atoms with E-state index in [2.05, 4.69) is 10.0 Å². The molecule has 0 fully saturated rings. The molecule has 0 heterocycles. The average Bonchev–Trinajstić information content (AvgIpc) is 2.43. The maximum absolute atomic E-state index is 12.0. The quantitative estimate of drug-likeness (QED) is 0.678. The highest BCUT2D eigenvalue weighted by atomic mass is 32.2. The lowest BCUT2D eigenvalue weighted by molar-refractivity contribution is -0.119. The highest BCUT2D eigenvalue weighted by molar-refractivity contribution is 7.89. The molecule has 1 aromatic rings. The number of amides is 1. The van der Waals surface area contributed by atoms with Crippen LogP contribution in [0.4, 0.5) is 0 Å². The van der Waals surface area contributed by atoms with Crippen LogP contribution in [0.3, 0.4) is 0 Å². The van der Waals surface area contributed by atoms with Gasteiger partial charge in [-0.3, -0.25) is 4.79 Å².